The van der Waals surface area contributed by atoms with Crippen LogP contribution in [0.1, 0.15) is 25.2 Å². The summed E-state index contributed by atoms with van der Waals surface area (Å²) in [5.74, 6) is 0.170. The van der Waals surface area contributed by atoms with Gasteiger partial charge in [-0.1, -0.05) is 32.0 Å². The average Bonchev–Trinajstić information content (AvgIpc) is 3.14. The lowest BCUT2D eigenvalue weighted by Crippen LogP contribution is -2.03. The van der Waals surface area contributed by atoms with Crippen LogP contribution < -0.4 is 5.73 Å². The number of nitrogens with two attached hydrogens (primary N) is 1. The lowest BCUT2D eigenvalue weighted by atomic mass is 10.1. The van der Waals surface area contributed by atoms with Crippen molar-refractivity contribution in [1.82, 2.24) is 24.7 Å². The van der Waals surface area contributed by atoms with Crippen molar-refractivity contribution in [3.63, 3.8) is 0 Å². The molecule has 3 heterocycles. The lowest BCUT2D eigenvalue weighted by Gasteiger charge is -2.05. The number of halogens is 1. The van der Waals surface area contributed by atoms with E-state index in [2.05, 4.69) is 39.6 Å². The number of rotatable bonds is 4. The van der Waals surface area contributed by atoms with Crippen molar-refractivity contribution in [1.29, 1.82) is 0 Å². The van der Waals surface area contributed by atoms with E-state index in [1.807, 2.05) is 6.07 Å². The second-order valence-electron chi connectivity index (χ2n) is 6.11. The van der Waals surface area contributed by atoms with Gasteiger partial charge in [0.05, 0.1) is 16.9 Å². The van der Waals surface area contributed by atoms with E-state index in [9.17, 15) is 4.39 Å². The van der Waals surface area contributed by atoms with Gasteiger partial charge in [0.15, 0.2) is 0 Å². The number of nitrogens with zero attached hydrogens (tertiary/aromatic N) is 5. The number of pyridine rings is 1. The summed E-state index contributed by atoms with van der Waals surface area (Å²) in [6.07, 6.45) is 6.93. The SMILES string of the molecule is CCc1nccc2c1c(CC)nn2-c1ncc(-c2ccccc2F)cn1.NC=O. The van der Waals surface area contributed by atoms with Crippen molar-refractivity contribution < 1.29 is 9.18 Å². The highest BCUT2D eigenvalue weighted by Gasteiger charge is 2.16. The molecule has 4 aromatic rings. The van der Waals surface area contributed by atoms with Crippen LogP contribution >= 0.6 is 0 Å². The summed E-state index contributed by atoms with van der Waals surface area (Å²) in [4.78, 5) is 21.9. The van der Waals surface area contributed by atoms with E-state index in [-0.39, 0.29) is 12.2 Å². The summed E-state index contributed by atoms with van der Waals surface area (Å²) in [6, 6.07) is 8.52. The van der Waals surface area contributed by atoms with E-state index in [1.165, 1.54) is 6.07 Å². The van der Waals surface area contributed by atoms with E-state index >= 15 is 0 Å². The predicted octanol–water partition coefficient (Wildman–Crippen LogP) is 3.24. The van der Waals surface area contributed by atoms with Gasteiger partial charge in [0, 0.05) is 35.1 Å². The summed E-state index contributed by atoms with van der Waals surface area (Å²) in [6.45, 7) is 4.15. The minimum Gasteiger partial charge on any atom is -0.372 e. The molecule has 0 saturated heterocycles. The Kier molecular flexibility index (Phi) is 6.23. The molecule has 0 fully saturated rings. The smallest absolute Gasteiger partial charge is 0.251 e. The molecule has 2 N–H and O–H groups in total. The topological polar surface area (TPSA) is 99.6 Å². The molecule has 4 rings (SSSR count). The van der Waals surface area contributed by atoms with Crippen LogP contribution in [0.25, 0.3) is 28.0 Å². The Morgan fingerprint density at radius 1 is 1.03 bits per heavy atom. The third-order valence-electron chi connectivity index (χ3n) is 4.43. The van der Waals surface area contributed by atoms with Crippen molar-refractivity contribution in [2.45, 2.75) is 26.7 Å². The molecular weight excluding hydrogens is 371 g/mol. The van der Waals surface area contributed by atoms with Crippen molar-refractivity contribution in [3.05, 3.63) is 66.1 Å². The van der Waals surface area contributed by atoms with E-state index in [0.717, 1.165) is 35.1 Å². The van der Waals surface area contributed by atoms with E-state index in [1.54, 1.807) is 41.5 Å². The molecule has 7 nitrogen and oxygen atoms in total. The Labute approximate surface area is 167 Å². The Morgan fingerprint density at radius 2 is 1.69 bits per heavy atom. The summed E-state index contributed by atoms with van der Waals surface area (Å²) >= 11 is 0. The highest BCUT2D eigenvalue weighted by Crippen LogP contribution is 2.25. The minimum absolute atomic E-state index is 0.250. The van der Waals surface area contributed by atoms with Crippen LogP contribution in [0, 0.1) is 5.82 Å². The second kappa shape index (κ2) is 9.01. The maximum Gasteiger partial charge on any atom is 0.251 e. The minimum atomic E-state index is -0.291. The third-order valence-corrected chi connectivity index (χ3v) is 4.43. The molecule has 0 aliphatic rings. The van der Waals surface area contributed by atoms with Gasteiger partial charge in [-0.25, -0.2) is 14.4 Å². The highest BCUT2D eigenvalue weighted by molar-refractivity contribution is 5.85. The molecule has 1 aromatic carbocycles. The number of hydrogen-bond acceptors (Lipinski definition) is 5. The molecule has 0 spiro atoms. The van der Waals surface area contributed by atoms with Crippen molar-refractivity contribution >= 4 is 17.3 Å². The molecule has 0 atom stereocenters. The number of benzene rings is 1. The van der Waals surface area contributed by atoms with Gasteiger partial charge in [-0.2, -0.15) is 9.78 Å². The first-order valence-corrected chi connectivity index (χ1v) is 9.22. The normalized spacial score (nSPS) is 10.4. The summed E-state index contributed by atoms with van der Waals surface area (Å²) < 4.78 is 15.7. The Bertz CT molecular complexity index is 1120. The van der Waals surface area contributed by atoms with Gasteiger partial charge in [-0.3, -0.25) is 9.78 Å². The molecular formula is C21H21FN6O. The first-order chi connectivity index (χ1) is 14.1. The van der Waals surface area contributed by atoms with Gasteiger partial charge in [0.1, 0.15) is 5.82 Å². The van der Waals surface area contributed by atoms with Crippen molar-refractivity contribution in [3.8, 4) is 17.1 Å². The maximum absolute atomic E-state index is 14.0. The molecule has 0 unspecified atom stereocenters. The molecule has 8 heteroatoms. The van der Waals surface area contributed by atoms with Crippen molar-refractivity contribution in [2.24, 2.45) is 5.73 Å². The zero-order valence-corrected chi connectivity index (χ0v) is 16.2. The van der Waals surface area contributed by atoms with Crippen molar-refractivity contribution in [2.75, 3.05) is 0 Å². The molecule has 0 bridgehead atoms. The summed E-state index contributed by atoms with van der Waals surface area (Å²) in [5, 5.41) is 5.75. The number of carbonyl (C=O) groups is 1. The van der Waals surface area contributed by atoms with Crippen LogP contribution in [0.3, 0.4) is 0 Å². The van der Waals surface area contributed by atoms with Gasteiger partial charge in [0.25, 0.3) is 5.95 Å². The summed E-state index contributed by atoms with van der Waals surface area (Å²) in [5.41, 5.74) is 8.22. The number of fused-ring (bicyclic) bond motifs is 1. The third kappa shape index (κ3) is 3.96. The molecule has 148 valence electrons. The lowest BCUT2D eigenvalue weighted by molar-refractivity contribution is -0.106. The van der Waals surface area contributed by atoms with E-state index in [4.69, 9.17) is 4.79 Å². The second-order valence-corrected chi connectivity index (χ2v) is 6.11. The number of hydrogen-bond donors (Lipinski definition) is 1. The maximum atomic E-state index is 14.0. The fourth-order valence-electron chi connectivity index (χ4n) is 3.14. The van der Waals surface area contributed by atoms with Crippen LogP contribution in [-0.2, 0) is 17.6 Å². The van der Waals surface area contributed by atoms with E-state index < -0.39 is 0 Å². The van der Waals surface area contributed by atoms with Crippen LogP contribution in [-0.4, -0.2) is 31.1 Å². The standard InChI is InChI=1S/C20H18FN5.CH3NO/c1-3-16-19-17(4-2)25-26(18(19)9-10-22-16)20-23-11-13(12-24-20)14-7-5-6-8-15(14)21;2-1-3/h5-12H,3-4H2,1-2H3;1H,(H2,2,3). The molecule has 0 aliphatic heterocycles. The molecule has 0 aliphatic carbocycles. The molecule has 1 amide bonds. The first kappa shape index (κ1) is 20.1. The zero-order valence-electron chi connectivity index (χ0n) is 16.2. The van der Waals surface area contributed by atoms with Crippen LogP contribution in [0.15, 0.2) is 48.9 Å². The van der Waals surface area contributed by atoms with Gasteiger partial charge >= 0.3 is 0 Å². The summed E-state index contributed by atoms with van der Waals surface area (Å²) in [7, 11) is 0. The number of aryl methyl sites for hydroxylation is 2. The average molecular weight is 392 g/mol. The van der Waals surface area contributed by atoms with Crippen LogP contribution in [0.2, 0.25) is 0 Å². The predicted molar refractivity (Wildman–Crippen MR) is 109 cm³/mol. The number of carbonyl (C=O) groups excluding carboxylic acids is 1. The van der Waals surface area contributed by atoms with E-state index in [0.29, 0.717) is 17.1 Å². The van der Waals surface area contributed by atoms with Crippen LogP contribution in [0.5, 0.6) is 0 Å². The number of amides is 1. The monoisotopic (exact) mass is 392 g/mol. The molecule has 29 heavy (non-hydrogen) atoms. The van der Waals surface area contributed by atoms with Gasteiger partial charge in [-0.15, -0.1) is 0 Å². The number of primary amides is 1. The Hall–Kier alpha value is -3.68. The Balaban J connectivity index is 0.000000755. The number of aromatic nitrogens is 5. The van der Waals surface area contributed by atoms with Gasteiger partial charge in [0.2, 0.25) is 6.41 Å². The van der Waals surface area contributed by atoms with Gasteiger partial charge < -0.3 is 5.73 Å². The molecule has 0 radical (unpaired) electrons. The fourth-order valence-corrected chi connectivity index (χ4v) is 3.14. The quantitative estimate of drug-likeness (QED) is 0.538. The fraction of sp³-hybridized carbons (Fsp3) is 0.190. The van der Waals surface area contributed by atoms with Crippen LogP contribution in [0.4, 0.5) is 4.39 Å². The first-order valence-electron chi connectivity index (χ1n) is 9.22. The largest absolute Gasteiger partial charge is 0.372 e. The Morgan fingerprint density at radius 3 is 2.31 bits per heavy atom. The van der Waals surface area contributed by atoms with Gasteiger partial charge in [-0.05, 0) is 25.0 Å². The zero-order chi connectivity index (χ0) is 20.8. The molecule has 3 aromatic heterocycles. The molecule has 0 saturated carbocycles. The highest BCUT2D eigenvalue weighted by atomic mass is 19.1.